The molecule has 1 aromatic heterocycles. The van der Waals surface area contributed by atoms with Gasteiger partial charge in [-0.05, 0) is 49.7 Å². The zero-order valence-electron chi connectivity index (χ0n) is 14.1. The Morgan fingerprint density at radius 2 is 2.04 bits per heavy atom. The molecule has 1 fully saturated rings. The number of anilines is 1. The van der Waals surface area contributed by atoms with Crippen LogP contribution in [0.15, 0.2) is 41.0 Å². The van der Waals surface area contributed by atoms with Gasteiger partial charge >= 0.3 is 0 Å². The molecular weight excluding hydrogens is 342 g/mol. The van der Waals surface area contributed by atoms with E-state index >= 15 is 0 Å². The van der Waals surface area contributed by atoms with Crippen molar-refractivity contribution in [3.63, 3.8) is 0 Å². The number of rotatable bonds is 3. The van der Waals surface area contributed by atoms with Crippen molar-refractivity contribution < 1.29 is 14.0 Å². The highest BCUT2D eigenvalue weighted by Crippen LogP contribution is 2.19. The molecule has 2 N–H and O–H groups in total. The van der Waals surface area contributed by atoms with Gasteiger partial charge in [-0.3, -0.25) is 9.59 Å². The quantitative estimate of drug-likeness (QED) is 0.879. The first-order chi connectivity index (χ1) is 11.6. The molecule has 25 heavy (non-hydrogen) atoms. The first kappa shape index (κ1) is 19.0. The molecule has 1 aromatic carbocycles. The number of aryl methyl sites for hydroxylation is 1. The molecule has 0 unspecified atom stereocenters. The van der Waals surface area contributed by atoms with E-state index in [-0.39, 0.29) is 30.0 Å². The Morgan fingerprint density at radius 3 is 2.80 bits per heavy atom. The van der Waals surface area contributed by atoms with Crippen molar-refractivity contribution in [1.82, 2.24) is 10.2 Å². The number of carbonyl (C=O) groups excluding carboxylic acids is 2. The summed E-state index contributed by atoms with van der Waals surface area (Å²) < 4.78 is 5.10. The molecular formula is C18H22ClN3O3. The summed E-state index contributed by atoms with van der Waals surface area (Å²) in [5, 5.41) is 6.09. The van der Waals surface area contributed by atoms with E-state index in [9.17, 15) is 9.59 Å². The third kappa shape index (κ3) is 4.61. The lowest BCUT2D eigenvalue weighted by Crippen LogP contribution is -2.34. The predicted molar refractivity (Wildman–Crippen MR) is 98.5 cm³/mol. The number of nitrogens with zero attached hydrogens (tertiary/aromatic N) is 1. The number of hydrogen-bond donors (Lipinski definition) is 2. The van der Waals surface area contributed by atoms with Crippen LogP contribution >= 0.6 is 12.4 Å². The fourth-order valence-corrected chi connectivity index (χ4v) is 2.71. The van der Waals surface area contributed by atoms with Crippen molar-refractivity contribution in [3.05, 3.63) is 53.5 Å². The molecule has 2 aromatic rings. The number of carbonyl (C=O) groups is 2. The average Bonchev–Trinajstić information content (AvgIpc) is 2.99. The third-order valence-corrected chi connectivity index (χ3v) is 4.10. The number of benzene rings is 1. The first-order valence-electron chi connectivity index (χ1n) is 8.10. The summed E-state index contributed by atoms with van der Waals surface area (Å²) in [6.07, 6.45) is 2.40. The van der Waals surface area contributed by atoms with E-state index in [1.165, 1.54) is 6.26 Å². The largest absolute Gasteiger partial charge is 0.459 e. The maximum Gasteiger partial charge on any atom is 0.291 e. The van der Waals surface area contributed by atoms with Gasteiger partial charge in [-0.15, -0.1) is 12.4 Å². The topological polar surface area (TPSA) is 74.6 Å². The smallest absolute Gasteiger partial charge is 0.291 e. The number of furan rings is 1. The van der Waals surface area contributed by atoms with E-state index in [0.717, 1.165) is 31.6 Å². The van der Waals surface area contributed by atoms with Crippen LogP contribution in [0.4, 0.5) is 5.69 Å². The van der Waals surface area contributed by atoms with Gasteiger partial charge in [-0.2, -0.15) is 0 Å². The Bertz CT molecular complexity index is 723. The monoisotopic (exact) mass is 363 g/mol. The van der Waals surface area contributed by atoms with Crippen molar-refractivity contribution in [2.45, 2.75) is 13.3 Å². The lowest BCUT2D eigenvalue weighted by molar-refractivity contribution is 0.0766. The molecule has 1 aliphatic rings. The van der Waals surface area contributed by atoms with Crippen LogP contribution in [0.3, 0.4) is 0 Å². The zero-order chi connectivity index (χ0) is 16.9. The summed E-state index contributed by atoms with van der Waals surface area (Å²) in [5.41, 5.74) is 2.09. The summed E-state index contributed by atoms with van der Waals surface area (Å²) in [7, 11) is 0. The van der Waals surface area contributed by atoms with Gasteiger partial charge in [0.05, 0.1) is 6.26 Å². The van der Waals surface area contributed by atoms with Crippen LogP contribution in [0.1, 0.15) is 32.9 Å². The molecule has 134 valence electrons. The van der Waals surface area contributed by atoms with Gasteiger partial charge in [0.2, 0.25) is 0 Å². The van der Waals surface area contributed by atoms with Crippen LogP contribution in [0.2, 0.25) is 0 Å². The molecule has 2 heterocycles. The summed E-state index contributed by atoms with van der Waals surface area (Å²) in [6, 6.07) is 8.65. The minimum Gasteiger partial charge on any atom is -0.459 e. The molecule has 2 amide bonds. The Hall–Kier alpha value is -2.31. The fourth-order valence-electron chi connectivity index (χ4n) is 2.71. The van der Waals surface area contributed by atoms with E-state index in [0.29, 0.717) is 17.8 Å². The van der Waals surface area contributed by atoms with Crippen LogP contribution in [0, 0.1) is 6.92 Å². The van der Waals surface area contributed by atoms with E-state index in [4.69, 9.17) is 4.42 Å². The van der Waals surface area contributed by atoms with Crippen molar-refractivity contribution in [1.29, 1.82) is 0 Å². The maximum atomic E-state index is 12.7. The van der Waals surface area contributed by atoms with Crippen LogP contribution in [0.5, 0.6) is 0 Å². The van der Waals surface area contributed by atoms with Gasteiger partial charge in [0, 0.05) is 30.9 Å². The Kier molecular flexibility index (Phi) is 6.61. The van der Waals surface area contributed by atoms with Crippen LogP contribution < -0.4 is 10.6 Å². The zero-order valence-corrected chi connectivity index (χ0v) is 14.9. The molecule has 7 heteroatoms. The second-order valence-corrected chi connectivity index (χ2v) is 5.86. The van der Waals surface area contributed by atoms with Gasteiger partial charge < -0.3 is 20.0 Å². The Labute approximate surface area is 153 Å². The minimum atomic E-state index is -0.327. The van der Waals surface area contributed by atoms with E-state index in [1.54, 1.807) is 24.3 Å². The molecule has 0 aliphatic carbocycles. The number of halogens is 1. The highest BCUT2D eigenvalue weighted by molar-refractivity contribution is 6.03. The summed E-state index contributed by atoms with van der Waals surface area (Å²) in [5.74, 6) is -0.0939. The molecule has 0 atom stereocenters. The van der Waals surface area contributed by atoms with Gasteiger partial charge in [-0.25, -0.2) is 0 Å². The first-order valence-corrected chi connectivity index (χ1v) is 8.10. The summed E-state index contributed by atoms with van der Waals surface area (Å²) in [6.45, 7) is 5.07. The van der Waals surface area contributed by atoms with Crippen LogP contribution in [-0.4, -0.2) is 42.9 Å². The lowest BCUT2D eigenvalue weighted by atomic mass is 10.1. The normalized spacial score (nSPS) is 14.4. The second kappa shape index (κ2) is 8.69. The molecule has 0 saturated carbocycles. The predicted octanol–water partition coefficient (Wildman–Crippen LogP) is 2.70. The highest BCUT2D eigenvalue weighted by Gasteiger charge is 2.18. The van der Waals surface area contributed by atoms with Gasteiger partial charge in [-0.1, -0.05) is 6.07 Å². The van der Waals surface area contributed by atoms with Crippen molar-refractivity contribution >= 4 is 29.9 Å². The van der Waals surface area contributed by atoms with Crippen LogP contribution in [-0.2, 0) is 0 Å². The molecule has 0 bridgehead atoms. The summed E-state index contributed by atoms with van der Waals surface area (Å²) >= 11 is 0. The van der Waals surface area contributed by atoms with Crippen molar-refractivity contribution in [3.8, 4) is 0 Å². The Balaban J connectivity index is 0.00000225. The average molecular weight is 364 g/mol. The molecule has 3 rings (SSSR count). The molecule has 0 radical (unpaired) electrons. The SMILES string of the molecule is Cc1ccc(C(=O)N2CCCNCC2)cc1NC(=O)c1ccco1.Cl. The summed E-state index contributed by atoms with van der Waals surface area (Å²) in [4.78, 5) is 26.7. The number of nitrogens with one attached hydrogen (secondary N) is 2. The second-order valence-electron chi connectivity index (χ2n) is 5.86. The number of hydrogen-bond acceptors (Lipinski definition) is 4. The van der Waals surface area contributed by atoms with E-state index in [2.05, 4.69) is 10.6 Å². The molecule has 1 aliphatic heterocycles. The standard InChI is InChI=1S/C18H21N3O3.ClH/c1-13-5-6-14(18(23)21-9-3-7-19-8-10-21)12-15(13)20-17(22)16-4-2-11-24-16;/h2,4-6,11-12,19H,3,7-10H2,1H3,(H,20,22);1H. The van der Waals surface area contributed by atoms with Crippen molar-refractivity contribution in [2.75, 3.05) is 31.5 Å². The highest BCUT2D eigenvalue weighted by atomic mass is 35.5. The number of amides is 2. The van der Waals surface area contributed by atoms with Gasteiger partial charge in [0.15, 0.2) is 5.76 Å². The van der Waals surface area contributed by atoms with Crippen LogP contribution in [0.25, 0.3) is 0 Å². The van der Waals surface area contributed by atoms with Crippen molar-refractivity contribution in [2.24, 2.45) is 0 Å². The minimum absolute atomic E-state index is 0. The van der Waals surface area contributed by atoms with E-state index < -0.39 is 0 Å². The molecule has 6 nitrogen and oxygen atoms in total. The maximum absolute atomic E-state index is 12.7. The van der Waals surface area contributed by atoms with E-state index in [1.807, 2.05) is 17.9 Å². The molecule has 1 saturated heterocycles. The lowest BCUT2D eigenvalue weighted by Gasteiger charge is -2.20. The fraction of sp³-hybridized carbons (Fsp3) is 0.333. The molecule has 0 spiro atoms. The third-order valence-electron chi connectivity index (χ3n) is 4.10. The van der Waals surface area contributed by atoms with Gasteiger partial charge in [0.25, 0.3) is 11.8 Å². The van der Waals surface area contributed by atoms with Gasteiger partial charge in [0.1, 0.15) is 0 Å². The Morgan fingerprint density at radius 1 is 1.20 bits per heavy atom.